The first-order valence-electron chi connectivity index (χ1n) is 6.75. The second-order valence-corrected chi connectivity index (χ2v) is 4.56. The first kappa shape index (κ1) is 15.1. The van der Waals surface area contributed by atoms with Crippen molar-refractivity contribution in [3.05, 3.63) is 24.3 Å². The molecular weight excluding hydrogens is 274 g/mol. The van der Waals surface area contributed by atoms with E-state index in [1.165, 1.54) is 7.11 Å². The summed E-state index contributed by atoms with van der Waals surface area (Å²) in [5.74, 6) is 0.0296. The lowest BCUT2D eigenvalue weighted by Gasteiger charge is -2.29. The lowest BCUT2D eigenvalue weighted by Crippen LogP contribution is -2.43. The Morgan fingerprint density at radius 1 is 1.24 bits per heavy atom. The fourth-order valence-corrected chi connectivity index (χ4v) is 2.03. The Bertz CT molecular complexity index is 483. The van der Waals surface area contributed by atoms with Crippen LogP contribution in [0.2, 0.25) is 0 Å². The van der Waals surface area contributed by atoms with Gasteiger partial charge in [0.2, 0.25) is 0 Å². The van der Waals surface area contributed by atoms with E-state index in [1.54, 1.807) is 0 Å². The van der Waals surface area contributed by atoms with Gasteiger partial charge in [-0.15, -0.1) is 0 Å². The molecule has 21 heavy (non-hydrogen) atoms. The minimum absolute atomic E-state index is 0.234. The van der Waals surface area contributed by atoms with Gasteiger partial charge in [-0.1, -0.05) is 0 Å². The molecule has 1 aromatic carbocycles. The second-order valence-electron chi connectivity index (χ2n) is 4.56. The maximum Gasteiger partial charge on any atom is 0.413 e. The van der Waals surface area contributed by atoms with Crippen LogP contribution in [0.1, 0.15) is 0 Å². The summed E-state index contributed by atoms with van der Waals surface area (Å²) in [6, 6.07) is 7.53. The van der Waals surface area contributed by atoms with E-state index in [0.717, 1.165) is 31.9 Å². The minimum Gasteiger partial charge on any atom is -0.484 e. The number of piperazine rings is 1. The van der Waals surface area contributed by atoms with E-state index in [0.29, 0.717) is 5.75 Å². The molecule has 0 unspecified atom stereocenters. The van der Waals surface area contributed by atoms with Crippen molar-refractivity contribution >= 4 is 17.7 Å². The summed E-state index contributed by atoms with van der Waals surface area (Å²) < 4.78 is 9.62. The van der Waals surface area contributed by atoms with Gasteiger partial charge >= 0.3 is 6.09 Å². The summed E-state index contributed by atoms with van der Waals surface area (Å²) in [5.41, 5.74) is 1.13. The number of nitrogens with one attached hydrogen (secondary N) is 2. The molecule has 0 aliphatic carbocycles. The molecule has 2 rings (SSSR count). The Morgan fingerprint density at radius 2 is 1.90 bits per heavy atom. The molecule has 0 spiro atoms. The lowest BCUT2D eigenvalue weighted by molar-refractivity contribution is -0.122. The summed E-state index contributed by atoms with van der Waals surface area (Å²) >= 11 is 0. The van der Waals surface area contributed by atoms with Gasteiger partial charge in [-0.2, -0.15) is 0 Å². The van der Waals surface area contributed by atoms with Crippen LogP contribution in [0, 0.1) is 0 Å². The normalized spacial score (nSPS) is 14.4. The average molecular weight is 293 g/mol. The van der Waals surface area contributed by atoms with Crippen molar-refractivity contribution in [3.63, 3.8) is 0 Å². The quantitative estimate of drug-likeness (QED) is 0.834. The molecule has 0 bridgehead atoms. The molecule has 1 saturated heterocycles. The third-order valence-corrected chi connectivity index (χ3v) is 3.12. The lowest BCUT2D eigenvalue weighted by atomic mass is 10.2. The van der Waals surface area contributed by atoms with E-state index in [9.17, 15) is 9.59 Å². The Hall–Kier alpha value is -2.28. The largest absolute Gasteiger partial charge is 0.484 e. The zero-order valence-corrected chi connectivity index (χ0v) is 11.9. The van der Waals surface area contributed by atoms with Gasteiger partial charge in [0.25, 0.3) is 5.91 Å². The van der Waals surface area contributed by atoms with Crippen LogP contribution in [0.4, 0.5) is 10.5 Å². The van der Waals surface area contributed by atoms with E-state index in [1.807, 2.05) is 29.6 Å². The van der Waals surface area contributed by atoms with E-state index < -0.39 is 12.0 Å². The fraction of sp³-hybridized carbons (Fsp3) is 0.429. The van der Waals surface area contributed by atoms with E-state index in [2.05, 4.69) is 15.0 Å². The number of benzene rings is 1. The van der Waals surface area contributed by atoms with Crippen molar-refractivity contribution in [2.45, 2.75) is 0 Å². The van der Waals surface area contributed by atoms with Crippen molar-refractivity contribution in [1.82, 2.24) is 10.6 Å². The van der Waals surface area contributed by atoms with Crippen molar-refractivity contribution in [2.24, 2.45) is 0 Å². The van der Waals surface area contributed by atoms with Gasteiger partial charge in [0.1, 0.15) is 5.75 Å². The highest BCUT2D eigenvalue weighted by Gasteiger charge is 2.11. The van der Waals surface area contributed by atoms with E-state index in [-0.39, 0.29) is 6.61 Å². The van der Waals surface area contributed by atoms with E-state index in [4.69, 9.17) is 4.74 Å². The first-order chi connectivity index (χ1) is 10.2. The van der Waals surface area contributed by atoms with Crippen LogP contribution in [-0.2, 0) is 9.53 Å². The maximum atomic E-state index is 11.3. The van der Waals surface area contributed by atoms with Gasteiger partial charge in [0.15, 0.2) is 6.61 Å². The molecule has 0 radical (unpaired) electrons. The number of hydrogen-bond acceptors (Lipinski definition) is 6. The molecule has 0 aromatic heterocycles. The van der Waals surface area contributed by atoms with Crippen LogP contribution >= 0.6 is 0 Å². The summed E-state index contributed by atoms with van der Waals surface area (Å²) in [6.45, 7) is 3.67. The number of imide groups is 1. The Kier molecular flexibility index (Phi) is 5.39. The van der Waals surface area contributed by atoms with Gasteiger partial charge in [-0.3, -0.25) is 10.1 Å². The molecule has 1 fully saturated rings. The standard InChI is InChI=1S/C14H19N3O4/c1-20-14(19)16-13(18)10-21-12-4-2-11(3-5-12)17-8-6-15-7-9-17/h2-5,15H,6-10H2,1H3,(H,16,18,19). The highest BCUT2D eigenvalue weighted by atomic mass is 16.5. The number of anilines is 1. The van der Waals surface area contributed by atoms with Gasteiger partial charge in [-0.25, -0.2) is 4.79 Å². The van der Waals surface area contributed by atoms with Crippen molar-refractivity contribution in [1.29, 1.82) is 0 Å². The highest BCUT2D eigenvalue weighted by molar-refractivity contribution is 5.92. The molecule has 114 valence electrons. The number of hydrogen-bond donors (Lipinski definition) is 2. The van der Waals surface area contributed by atoms with Crippen LogP contribution in [-0.4, -0.2) is 51.9 Å². The van der Waals surface area contributed by atoms with Crippen LogP contribution in [0.3, 0.4) is 0 Å². The smallest absolute Gasteiger partial charge is 0.413 e. The van der Waals surface area contributed by atoms with Crippen LogP contribution in [0.15, 0.2) is 24.3 Å². The van der Waals surface area contributed by atoms with Crippen LogP contribution in [0.5, 0.6) is 5.75 Å². The number of methoxy groups -OCH3 is 1. The monoisotopic (exact) mass is 293 g/mol. The minimum atomic E-state index is -0.794. The molecule has 1 aliphatic heterocycles. The zero-order valence-electron chi connectivity index (χ0n) is 11.9. The van der Waals surface area contributed by atoms with Gasteiger partial charge in [0.05, 0.1) is 7.11 Å². The SMILES string of the molecule is COC(=O)NC(=O)COc1ccc(N2CCNCC2)cc1. The molecule has 7 nitrogen and oxygen atoms in total. The second kappa shape index (κ2) is 7.49. The summed E-state index contributed by atoms with van der Waals surface area (Å²) in [5, 5.41) is 5.32. The average Bonchev–Trinajstić information content (AvgIpc) is 2.54. The van der Waals surface area contributed by atoms with Gasteiger partial charge in [0, 0.05) is 31.9 Å². The van der Waals surface area contributed by atoms with Crippen LogP contribution in [0.25, 0.3) is 0 Å². The third kappa shape index (κ3) is 4.64. The number of carbonyl (C=O) groups is 2. The number of amides is 2. The number of ether oxygens (including phenoxy) is 2. The molecule has 1 heterocycles. The van der Waals surface area contributed by atoms with Gasteiger partial charge in [-0.05, 0) is 24.3 Å². The number of carbonyl (C=O) groups excluding carboxylic acids is 2. The zero-order chi connectivity index (χ0) is 15.1. The third-order valence-electron chi connectivity index (χ3n) is 3.12. The van der Waals surface area contributed by atoms with Crippen molar-refractivity contribution in [2.75, 3.05) is 44.8 Å². The molecule has 2 N–H and O–H groups in total. The summed E-state index contributed by atoms with van der Waals surface area (Å²) in [6.07, 6.45) is -0.794. The van der Waals surface area contributed by atoms with E-state index >= 15 is 0 Å². The molecule has 7 heteroatoms. The predicted molar refractivity (Wildman–Crippen MR) is 77.6 cm³/mol. The molecule has 2 amide bonds. The highest BCUT2D eigenvalue weighted by Crippen LogP contribution is 2.19. The molecule has 1 aliphatic rings. The predicted octanol–water partition coefficient (Wildman–Crippen LogP) is 0.358. The number of rotatable bonds is 4. The molecular formula is C14H19N3O4. The van der Waals surface area contributed by atoms with Crippen LogP contribution < -0.4 is 20.3 Å². The van der Waals surface area contributed by atoms with Gasteiger partial charge < -0.3 is 19.7 Å². The fourth-order valence-electron chi connectivity index (χ4n) is 2.03. The molecule has 0 saturated carbocycles. The first-order valence-corrected chi connectivity index (χ1v) is 6.75. The Balaban J connectivity index is 1.82. The number of nitrogens with zero attached hydrogens (tertiary/aromatic N) is 1. The topological polar surface area (TPSA) is 79.9 Å². The summed E-state index contributed by atoms with van der Waals surface area (Å²) in [7, 11) is 1.19. The van der Waals surface area contributed by atoms with Crippen molar-refractivity contribution < 1.29 is 19.1 Å². The maximum absolute atomic E-state index is 11.3. The summed E-state index contributed by atoms with van der Waals surface area (Å²) in [4.78, 5) is 24.5. The molecule has 0 atom stereocenters. The Morgan fingerprint density at radius 3 is 2.52 bits per heavy atom. The molecule has 1 aromatic rings. The number of alkyl carbamates (subject to hydrolysis) is 1. The Labute approximate surface area is 123 Å². The van der Waals surface area contributed by atoms with Crippen molar-refractivity contribution in [3.8, 4) is 5.75 Å².